The molecule has 2 heterocycles. The SMILES string of the molecule is CCOC(=O)C(C)(C)Sc1ncnc2scc(-c3ccc(OC)c(OC)c3)c12. The summed E-state index contributed by atoms with van der Waals surface area (Å²) in [6.07, 6.45) is 1.53. The van der Waals surface area contributed by atoms with E-state index in [1.54, 1.807) is 21.1 Å². The third-order valence-corrected chi connectivity index (χ3v) is 6.22. The molecule has 0 bridgehead atoms. The summed E-state index contributed by atoms with van der Waals surface area (Å²) in [6.45, 7) is 5.82. The van der Waals surface area contributed by atoms with Gasteiger partial charge in [-0.25, -0.2) is 9.97 Å². The van der Waals surface area contributed by atoms with E-state index in [1.807, 2.05) is 37.4 Å². The van der Waals surface area contributed by atoms with E-state index in [4.69, 9.17) is 14.2 Å². The lowest BCUT2D eigenvalue weighted by molar-refractivity contribution is -0.145. The maximum Gasteiger partial charge on any atom is 0.322 e. The average Bonchev–Trinajstić information content (AvgIpc) is 3.12. The Morgan fingerprint density at radius 2 is 1.93 bits per heavy atom. The zero-order valence-electron chi connectivity index (χ0n) is 16.4. The predicted molar refractivity (Wildman–Crippen MR) is 113 cm³/mol. The maximum absolute atomic E-state index is 12.3. The van der Waals surface area contributed by atoms with Gasteiger partial charge in [0.2, 0.25) is 0 Å². The van der Waals surface area contributed by atoms with Crippen molar-refractivity contribution in [2.45, 2.75) is 30.5 Å². The summed E-state index contributed by atoms with van der Waals surface area (Å²) in [5, 5.41) is 3.71. The van der Waals surface area contributed by atoms with Gasteiger partial charge in [-0.3, -0.25) is 4.79 Å². The van der Waals surface area contributed by atoms with Crippen LogP contribution in [0.5, 0.6) is 11.5 Å². The van der Waals surface area contributed by atoms with Gasteiger partial charge in [-0.05, 0) is 38.5 Å². The summed E-state index contributed by atoms with van der Waals surface area (Å²) < 4.78 is 15.2. The maximum atomic E-state index is 12.3. The number of nitrogens with zero attached hydrogens (tertiary/aromatic N) is 2. The lowest BCUT2D eigenvalue weighted by Crippen LogP contribution is -2.30. The molecule has 3 rings (SSSR count). The second-order valence-corrected chi connectivity index (χ2v) is 8.88. The molecule has 1 aromatic carbocycles. The van der Waals surface area contributed by atoms with Crippen LogP contribution < -0.4 is 9.47 Å². The topological polar surface area (TPSA) is 70.5 Å². The number of aromatic nitrogens is 2. The number of ether oxygens (including phenoxy) is 3. The summed E-state index contributed by atoms with van der Waals surface area (Å²) in [5.41, 5.74) is 1.96. The normalized spacial score (nSPS) is 11.5. The van der Waals surface area contributed by atoms with Crippen LogP contribution >= 0.6 is 23.1 Å². The van der Waals surface area contributed by atoms with Crippen molar-refractivity contribution in [3.05, 3.63) is 29.9 Å². The summed E-state index contributed by atoms with van der Waals surface area (Å²) in [5.74, 6) is 1.05. The molecule has 0 aliphatic rings. The molecule has 0 saturated carbocycles. The first-order valence-electron chi connectivity index (χ1n) is 8.72. The van der Waals surface area contributed by atoms with Crippen molar-refractivity contribution in [3.8, 4) is 22.6 Å². The molecule has 0 atom stereocenters. The molecule has 0 amide bonds. The van der Waals surface area contributed by atoms with Gasteiger partial charge in [0.1, 0.15) is 20.9 Å². The van der Waals surface area contributed by atoms with Gasteiger partial charge in [-0.15, -0.1) is 11.3 Å². The van der Waals surface area contributed by atoms with Crippen LogP contribution in [0.15, 0.2) is 34.9 Å². The third-order valence-electron chi connectivity index (χ3n) is 4.15. The molecule has 2 aromatic heterocycles. The second-order valence-electron chi connectivity index (χ2n) is 6.41. The molecular weight excluding hydrogens is 396 g/mol. The van der Waals surface area contributed by atoms with E-state index in [9.17, 15) is 4.79 Å². The Hall–Kier alpha value is -2.32. The molecule has 0 saturated heterocycles. The molecule has 3 aromatic rings. The van der Waals surface area contributed by atoms with Gasteiger partial charge >= 0.3 is 5.97 Å². The molecule has 28 heavy (non-hydrogen) atoms. The van der Waals surface area contributed by atoms with Gasteiger partial charge in [0, 0.05) is 10.9 Å². The van der Waals surface area contributed by atoms with Crippen LogP contribution in [-0.4, -0.2) is 41.5 Å². The Bertz CT molecular complexity index is 1000. The third kappa shape index (κ3) is 3.93. The van der Waals surface area contributed by atoms with Gasteiger partial charge in [-0.1, -0.05) is 17.8 Å². The van der Waals surface area contributed by atoms with Gasteiger partial charge < -0.3 is 14.2 Å². The second kappa shape index (κ2) is 8.36. The quantitative estimate of drug-likeness (QED) is 0.310. The number of thioether (sulfide) groups is 1. The zero-order chi connectivity index (χ0) is 20.3. The van der Waals surface area contributed by atoms with Crippen LogP contribution in [0.2, 0.25) is 0 Å². The highest BCUT2D eigenvalue weighted by molar-refractivity contribution is 8.01. The molecule has 0 aliphatic heterocycles. The Morgan fingerprint density at radius 1 is 1.18 bits per heavy atom. The van der Waals surface area contributed by atoms with Gasteiger partial charge in [0.25, 0.3) is 0 Å². The Kier molecular flexibility index (Phi) is 6.10. The van der Waals surface area contributed by atoms with Crippen molar-refractivity contribution in [2.24, 2.45) is 0 Å². The summed E-state index contributed by atoms with van der Waals surface area (Å²) in [7, 11) is 3.22. The van der Waals surface area contributed by atoms with E-state index in [1.165, 1.54) is 29.4 Å². The standard InChI is InChI=1S/C20H22N2O4S2/c1-6-26-19(23)20(2,3)28-18-16-13(10-27-17(16)21-11-22-18)12-7-8-14(24-4)15(9-12)25-5/h7-11H,6H2,1-5H3. The summed E-state index contributed by atoms with van der Waals surface area (Å²) in [4.78, 5) is 22.1. The first-order chi connectivity index (χ1) is 13.4. The minimum absolute atomic E-state index is 0.269. The number of methoxy groups -OCH3 is 2. The predicted octanol–water partition coefficient (Wildman–Crippen LogP) is 4.81. The Labute approximate surface area is 172 Å². The number of thiophene rings is 1. The average molecular weight is 419 g/mol. The molecule has 0 fully saturated rings. The van der Waals surface area contributed by atoms with Crippen molar-refractivity contribution in [1.82, 2.24) is 9.97 Å². The van der Waals surface area contributed by atoms with Crippen LogP contribution in [0, 0.1) is 0 Å². The fourth-order valence-corrected chi connectivity index (χ4v) is 4.74. The number of hydrogen-bond acceptors (Lipinski definition) is 8. The number of esters is 1. The summed E-state index contributed by atoms with van der Waals surface area (Å²) in [6, 6.07) is 5.77. The van der Waals surface area contributed by atoms with E-state index in [0.29, 0.717) is 18.1 Å². The fraction of sp³-hybridized carbons (Fsp3) is 0.350. The van der Waals surface area contributed by atoms with E-state index >= 15 is 0 Å². The van der Waals surface area contributed by atoms with Gasteiger partial charge in [0.05, 0.1) is 26.2 Å². The Balaban J connectivity index is 2.08. The molecule has 0 N–H and O–H groups in total. The van der Waals surface area contributed by atoms with Crippen LogP contribution in [0.25, 0.3) is 21.3 Å². The van der Waals surface area contributed by atoms with E-state index in [0.717, 1.165) is 26.4 Å². The number of carbonyl (C=O) groups is 1. The van der Waals surface area contributed by atoms with Crippen LogP contribution in [0.4, 0.5) is 0 Å². The molecule has 148 valence electrons. The van der Waals surface area contributed by atoms with Crippen LogP contribution in [-0.2, 0) is 9.53 Å². The molecular formula is C20H22N2O4S2. The van der Waals surface area contributed by atoms with Crippen molar-refractivity contribution in [2.75, 3.05) is 20.8 Å². The number of fused-ring (bicyclic) bond motifs is 1. The largest absolute Gasteiger partial charge is 0.493 e. The molecule has 0 unspecified atom stereocenters. The van der Waals surface area contributed by atoms with Crippen molar-refractivity contribution < 1.29 is 19.0 Å². The number of rotatable bonds is 7. The van der Waals surface area contributed by atoms with Crippen LogP contribution in [0.3, 0.4) is 0 Å². The van der Waals surface area contributed by atoms with Gasteiger partial charge in [0.15, 0.2) is 11.5 Å². The lowest BCUT2D eigenvalue weighted by Gasteiger charge is -2.21. The lowest BCUT2D eigenvalue weighted by atomic mass is 10.1. The van der Waals surface area contributed by atoms with E-state index in [2.05, 4.69) is 9.97 Å². The summed E-state index contributed by atoms with van der Waals surface area (Å²) >= 11 is 2.92. The van der Waals surface area contributed by atoms with Crippen LogP contribution in [0.1, 0.15) is 20.8 Å². The molecule has 6 nitrogen and oxygen atoms in total. The molecule has 0 aliphatic carbocycles. The molecule has 8 heteroatoms. The highest BCUT2D eigenvalue weighted by atomic mass is 32.2. The Morgan fingerprint density at radius 3 is 2.61 bits per heavy atom. The highest BCUT2D eigenvalue weighted by Gasteiger charge is 2.32. The van der Waals surface area contributed by atoms with Crippen molar-refractivity contribution in [3.63, 3.8) is 0 Å². The highest BCUT2D eigenvalue weighted by Crippen LogP contribution is 2.43. The van der Waals surface area contributed by atoms with Gasteiger partial charge in [-0.2, -0.15) is 0 Å². The smallest absolute Gasteiger partial charge is 0.322 e. The number of carbonyl (C=O) groups excluding carboxylic acids is 1. The molecule has 0 radical (unpaired) electrons. The zero-order valence-corrected chi connectivity index (χ0v) is 18.1. The monoisotopic (exact) mass is 418 g/mol. The number of hydrogen-bond donors (Lipinski definition) is 0. The van der Waals surface area contributed by atoms with Crippen molar-refractivity contribution in [1.29, 1.82) is 0 Å². The van der Waals surface area contributed by atoms with E-state index in [-0.39, 0.29) is 5.97 Å². The fourth-order valence-electron chi connectivity index (χ4n) is 2.73. The molecule has 0 spiro atoms. The van der Waals surface area contributed by atoms with Crippen molar-refractivity contribution >= 4 is 39.3 Å². The number of benzene rings is 1. The first-order valence-corrected chi connectivity index (χ1v) is 10.4. The van der Waals surface area contributed by atoms with E-state index < -0.39 is 4.75 Å². The minimum atomic E-state index is -0.770. The minimum Gasteiger partial charge on any atom is -0.493 e. The first kappa shape index (κ1) is 20.4.